The van der Waals surface area contributed by atoms with E-state index in [1.54, 1.807) is 0 Å². The number of ether oxygens (including phenoxy) is 2. The maximum Gasteiger partial charge on any atom is 0.317 e. The number of rotatable bonds is 11. The molecule has 1 fully saturated rings. The van der Waals surface area contributed by atoms with Crippen LogP contribution < -0.4 is 20.1 Å². The fourth-order valence-electron chi connectivity index (χ4n) is 4.40. The lowest BCUT2D eigenvalue weighted by atomic mass is 9.96. The normalized spacial score (nSPS) is 16.7. The molecule has 1 aromatic rings. The first-order valence-electron chi connectivity index (χ1n) is 12.4. The number of carbonyl (C=O) groups excluding carboxylic acids is 2. The van der Waals surface area contributed by atoms with Crippen molar-refractivity contribution in [1.82, 2.24) is 20.4 Å². The van der Waals surface area contributed by atoms with E-state index in [-0.39, 0.29) is 30.7 Å². The summed E-state index contributed by atoms with van der Waals surface area (Å²) < 4.78 is 10.8. The minimum Gasteiger partial charge on any atom is -0.454 e. The summed E-state index contributed by atoms with van der Waals surface area (Å²) in [7, 11) is 0. The van der Waals surface area contributed by atoms with Crippen molar-refractivity contribution in [3.8, 4) is 11.5 Å². The van der Waals surface area contributed by atoms with Crippen LogP contribution in [0.15, 0.2) is 18.2 Å². The molecular weight excluding hydrogens is 420 g/mol. The number of nitrogens with one attached hydrogen (secondary N) is 2. The Morgan fingerprint density at radius 2 is 1.88 bits per heavy atom. The average molecular weight is 461 g/mol. The molecule has 0 bridgehead atoms. The van der Waals surface area contributed by atoms with Crippen LogP contribution in [-0.4, -0.2) is 73.8 Å². The zero-order valence-electron chi connectivity index (χ0n) is 20.4. The van der Waals surface area contributed by atoms with E-state index in [9.17, 15) is 9.59 Å². The highest BCUT2D eigenvalue weighted by atomic mass is 16.7. The summed E-state index contributed by atoms with van der Waals surface area (Å²) in [6, 6.07) is 6.02. The smallest absolute Gasteiger partial charge is 0.317 e. The molecule has 2 aliphatic heterocycles. The van der Waals surface area contributed by atoms with Crippen LogP contribution in [0, 0.1) is 5.92 Å². The van der Waals surface area contributed by atoms with Crippen molar-refractivity contribution < 1.29 is 19.1 Å². The van der Waals surface area contributed by atoms with E-state index in [1.807, 2.05) is 30.0 Å². The van der Waals surface area contributed by atoms with Crippen molar-refractivity contribution >= 4 is 11.9 Å². The van der Waals surface area contributed by atoms with Crippen LogP contribution in [-0.2, 0) is 11.2 Å². The Morgan fingerprint density at radius 3 is 2.61 bits per heavy atom. The van der Waals surface area contributed by atoms with E-state index in [4.69, 9.17) is 9.47 Å². The number of hydrogen-bond acceptors (Lipinski definition) is 5. The van der Waals surface area contributed by atoms with E-state index in [0.717, 1.165) is 69.8 Å². The molecule has 2 aliphatic rings. The molecule has 0 radical (unpaired) electrons. The fourth-order valence-corrected chi connectivity index (χ4v) is 4.40. The quantitative estimate of drug-likeness (QED) is 0.496. The highest BCUT2D eigenvalue weighted by Gasteiger charge is 2.27. The number of nitrogens with zero attached hydrogens (tertiary/aromatic N) is 2. The van der Waals surface area contributed by atoms with E-state index in [1.165, 1.54) is 5.56 Å². The molecule has 8 nitrogen and oxygen atoms in total. The van der Waals surface area contributed by atoms with Gasteiger partial charge in [0.25, 0.3) is 0 Å². The van der Waals surface area contributed by atoms with E-state index >= 15 is 0 Å². The molecular formula is C25H40N4O4. The van der Waals surface area contributed by atoms with Gasteiger partial charge < -0.3 is 29.9 Å². The molecule has 1 aromatic carbocycles. The van der Waals surface area contributed by atoms with Crippen LogP contribution in [0.25, 0.3) is 0 Å². The number of carbonyl (C=O) groups is 2. The van der Waals surface area contributed by atoms with Crippen molar-refractivity contribution in [3.05, 3.63) is 23.8 Å². The number of fused-ring (bicyclic) bond motifs is 1. The molecule has 33 heavy (non-hydrogen) atoms. The number of urea groups is 1. The third-order valence-electron chi connectivity index (χ3n) is 6.67. The predicted molar refractivity (Wildman–Crippen MR) is 129 cm³/mol. The van der Waals surface area contributed by atoms with Crippen LogP contribution in [0.4, 0.5) is 4.79 Å². The Kier molecular flexibility index (Phi) is 9.66. The third-order valence-corrected chi connectivity index (χ3v) is 6.67. The maximum atomic E-state index is 12.7. The number of amides is 3. The van der Waals surface area contributed by atoms with Crippen LogP contribution in [0.2, 0.25) is 0 Å². The van der Waals surface area contributed by atoms with Gasteiger partial charge in [-0.3, -0.25) is 4.79 Å². The Morgan fingerprint density at radius 1 is 1.15 bits per heavy atom. The first-order chi connectivity index (χ1) is 16.0. The van der Waals surface area contributed by atoms with Gasteiger partial charge in [0, 0.05) is 31.6 Å². The Labute approximate surface area is 198 Å². The van der Waals surface area contributed by atoms with Gasteiger partial charge >= 0.3 is 6.03 Å². The van der Waals surface area contributed by atoms with Gasteiger partial charge in [-0.2, -0.15) is 0 Å². The van der Waals surface area contributed by atoms with E-state index < -0.39 is 0 Å². The average Bonchev–Trinajstić information content (AvgIpc) is 3.31. The zero-order valence-corrected chi connectivity index (χ0v) is 20.4. The lowest BCUT2D eigenvalue weighted by molar-refractivity contribution is -0.126. The first kappa shape index (κ1) is 25.1. The zero-order chi connectivity index (χ0) is 23.6. The molecule has 0 aromatic heterocycles. The fraction of sp³-hybridized carbons (Fsp3) is 0.680. The predicted octanol–water partition coefficient (Wildman–Crippen LogP) is 3.01. The molecule has 2 heterocycles. The minimum atomic E-state index is -0.0359. The summed E-state index contributed by atoms with van der Waals surface area (Å²) in [5.41, 5.74) is 1.17. The van der Waals surface area contributed by atoms with E-state index in [0.29, 0.717) is 13.1 Å². The SMILES string of the molecule is CCN(CC)CCCNC(=O)C1CCN(C(=O)NC(C)CCc2ccc3c(c2)OCO3)CC1. The molecule has 8 heteroatoms. The summed E-state index contributed by atoms with van der Waals surface area (Å²) in [5, 5.41) is 6.18. The van der Waals surface area contributed by atoms with Crippen molar-refractivity contribution in [2.75, 3.05) is 46.1 Å². The lowest BCUT2D eigenvalue weighted by Crippen LogP contribution is -2.49. The van der Waals surface area contributed by atoms with Gasteiger partial charge in [0.1, 0.15) is 0 Å². The minimum absolute atomic E-state index is 0.00549. The van der Waals surface area contributed by atoms with Gasteiger partial charge in [-0.25, -0.2) is 4.79 Å². The molecule has 3 rings (SSSR count). The highest BCUT2D eigenvalue weighted by Crippen LogP contribution is 2.32. The second-order valence-corrected chi connectivity index (χ2v) is 9.01. The molecule has 2 N–H and O–H groups in total. The highest BCUT2D eigenvalue weighted by molar-refractivity contribution is 5.79. The number of hydrogen-bond donors (Lipinski definition) is 2. The number of aryl methyl sites for hydroxylation is 1. The topological polar surface area (TPSA) is 83.1 Å². The molecule has 0 aliphatic carbocycles. The van der Waals surface area contributed by atoms with Crippen LogP contribution in [0.1, 0.15) is 52.0 Å². The largest absolute Gasteiger partial charge is 0.454 e. The number of likely N-dealkylation sites (tertiary alicyclic amines) is 1. The standard InChI is InChI=1S/C25H40N4O4/c1-4-28(5-2)14-6-13-26-24(30)21-11-15-29(16-12-21)25(31)27-19(3)7-8-20-9-10-22-23(17-20)33-18-32-22/h9-10,17,19,21H,4-8,11-16,18H2,1-3H3,(H,26,30)(H,27,31). The van der Waals surface area contributed by atoms with Gasteiger partial charge in [-0.1, -0.05) is 19.9 Å². The molecule has 184 valence electrons. The van der Waals surface area contributed by atoms with Gasteiger partial charge in [0.15, 0.2) is 11.5 Å². The second kappa shape index (κ2) is 12.7. The van der Waals surface area contributed by atoms with Crippen LogP contribution in [0.3, 0.4) is 0 Å². The third kappa shape index (κ3) is 7.52. The van der Waals surface area contributed by atoms with Crippen molar-refractivity contribution in [2.45, 2.75) is 58.9 Å². The number of piperidine rings is 1. The Balaban J connectivity index is 1.31. The molecule has 1 atom stereocenters. The maximum absolute atomic E-state index is 12.7. The summed E-state index contributed by atoms with van der Waals surface area (Å²) in [5.74, 6) is 1.72. The number of benzene rings is 1. The lowest BCUT2D eigenvalue weighted by Gasteiger charge is -2.32. The van der Waals surface area contributed by atoms with Gasteiger partial charge in [-0.05, 0) is 76.4 Å². The molecule has 0 spiro atoms. The molecule has 1 saturated heterocycles. The summed E-state index contributed by atoms with van der Waals surface area (Å²) >= 11 is 0. The monoisotopic (exact) mass is 460 g/mol. The Hall–Kier alpha value is -2.48. The molecule has 3 amide bonds. The summed E-state index contributed by atoms with van der Waals surface area (Å²) in [6.45, 7) is 11.7. The van der Waals surface area contributed by atoms with Crippen LogP contribution in [0.5, 0.6) is 11.5 Å². The molecule has 0 saturated carbocycles. The van der Waals surface area contributed by atoms with Gasteiger partial charge in [0.2, 0.25) is 12.7 Å². The van der Waals surface area contributed by atoms with E-state index in [2.05, 4.69) is 29.4 Å². The van der Waals surface area contributed by atoms with Crippen molar-refractivity contribution in [3.63, 3.8) is 0 Å². The summed E-state index contributed by atoms with van der Waals surface area (Å²) in [6.07, 6.45) is 4.12. The van der Waals surface area contributed by atoms with Gasteiger partial charge in [-0.15, -0.1) is 0 Å². The van der Waals surface area contributed by atoms with Gasteiger partial charge in [0.05, 0.1) is 0 Å². The molecule has 1 unspecified atom stereocenters. The second-order valence-electron chi connectivity index (χ2n) is 9.01. The van der Waals surface area contributed by atoms with Crippen molar-refractivity contribution in [2.24, 2.45) is 5.92 Å². The van der Waals surface area contributed by atoms with Crippen LogP contribution >= 0.6 is 0 Å². The van der Waals surface area contributed by atoms with Crippen molar-refractivity contribution in [1.29, 1.82) is 0 Å². The first-order valence-corrected chi connectivity index (χ1v) is 12.4. The Bertz CT molecular complexity index is 776. The summed E-state index contributed by atoms with van der Waals surface area (Å²) in [4.78, 5) is 29.3.